The average molecular weight is 258 g/mol. The Bertz CT molecular complexity index is 506. The number of thiophene rings is 1. The minimum atomic E-state index is 0.287. The van der Waals surface area contributed by atoms with Gasteiger partial charge >= 0.3 is 0 Å². The Hall–Kier alpha value is -1.41. The Morgan fingerprint density at radius 3 is 2.83 bits per heavy atom. The van der Waals surface area contributed by atoms with Crippen molar-refractivity contribution < 1.29 is 4.79 Å². The van der Waals surface area contributed by atoms with Crippen molar-refractivity contribution in [3.63, 3.8) is 0 Å². The van der Waals surface area contributed by atoms with Crippen LogP contribution in [-0.2, 0) is 0 Å². The van der Waals surface area contributed by atoms with Gasteiger partial charge in [-0.25, -0.2) is 0 Å². The molecule has 2 aromatic rings. The fourth-order valence-electron chi connectivity index (χ4n) is 1.99. The molecule has 1 aromatic carbocycles. The number of hydrogen-bond acceptors (Lipinski definition) is 2. The number of carbonyl (C=O) groups is 1. The lowest BCUT2D eigenvalue weighted by Crippen LogP contribution is -1.95. The number of allylic oxidation sites excluding steroid dienone is 1. The Labute approximate surface area is 112 Å². The van der Waals surface area contributed by atoms with Crippen molar-refractivity contribution in [3.8, 4) is 0 Å². The first-order valence-electron chi connectivity index (χ1n) is 6.44. The molecule has 2 rings (SSSR count). The number of benzene rings is 1. The van der Waals surface area contributed by atoms with E-state index in [1.165, 1.54) is 10.1 Å². The topological polar surface area (TPSA) is 17.1 Å². The van der Waals surface area contributed by atoms with E-state index in [0.717, 1.165) is 30.6 Å². The van der Waals surface area contributed by atoms with Gasteiger partial charge < -0.3 is 0 Å². The third-order valence-electron chi connectivity index (χ3n) is 3.01. The van der Waals surface area contributed by atoms with Crippen molar-refractivity contribution in [1.29, 1.82) is 0 Å². The molecule has 2 heteroatoms. The highest BCUT2D eigenvalue weighted by Gasteiger charge is 2.09. The molecule has 0 atom stereocenters. The van der Waals surface area contributed by atoms with Crippen molar-refractivity contribution in [2.45, 2.75) is 32.1 Å². The van der Waals surface area contributed by atoms with Gasteiger partial charge in [-0.15, -0.1) is 17.9 Å². The Balaban J connectivity index is 1.90. The van der Waals surface area contributed by atoms with Crippen LogP contribution in [0.2, 0.25) is 0 Å². The van der Waals surface area contributed by atoms with Gasteiger partial charge in [-0.3, -0.25) is 4.79 Å². The highest BCUT2D eigenvalue weighted by Crippen LogP contribution is 2.26. The van der Waals surface area contributed by atoms with Crippen LogP contribution in [0.25, 0.3) is 10.1 Å². The Morgan fingerprint density at radius 2 is 2.06 bits per heavy atom. The lowest BCUT2D eigenvalue weighted by atomic mass is 10.1. The molecular formula is C16H18OS. The van der Waals surface area contributed by atoms with E-state index in [0.29, 0.717) is 6.42 Å². The van der Waals surface area contributed by atoms with Crippen LogP contribution >= 0.6 is 11.3 Å². The smallest absolute Gasteiger partial charge is 0.172 e. The molecule has 0 unspecified atom stereocenters. The predicted octanol–water partition coefficient (Wildman–Crippen LogP) is 5.22. The molecular weight excluding hydrogens is 240 g/mol. The predicted molar refractivity (Wildman–Crippen MR) is 79.4 cm³/mol. The number of ketones is 1. The zero-order chi connectivity index (χ0) is 12.8. The molecule has 18 heavy (non-hydrogen) atoms. The Kier molecular flexibility index (Phi) is 4.71. The maximum atomic E-state index is 12.0. The SMILES string of the molecule is C=CCCCCCC(=O)c1cc2ccccc2s1. The lowest BCUT2D eigenvalue weighted by Gasteiger charge is -1.97. The van der Waals surface area contributed by atoms with Gasteiger partial charge in [0.25, 0.3) is 0 Å². The van der Waals surface area contributed by atoms with Crippen LogP contribution in [0.1, 0.15) is 41.8 Å². The van der Waals surface area contributed by atoms with E-state index in [1.807, 2.05) is 24.3 Å². The maximum Gasteiger partial charge on any atom is 0.172 e. The van der Waals surface area contributed by atoms with Gasteiger partial charge in [-0.2, -0.15) is 0 Å². The van der Waals surface area contributed by atoms with Crippen LogP contribution < -0.4 is 0 Å². The summed E-state index contributed by atoms with van der Waals surface area (Å²) in [6, 6.07) is 10.2. The van der Waals surface area contributed by atoms with Crippen molar-refractivity contribution in [2.75, 3.05) is 0 Å². The summed E-state index contributed by atoms with van der Waals surface area (Å²) < 4.78 is 1.20. The van der Waals surface area contributed by atoms with Crippen LogP contribution in [0.3, 0.4) is 0 Å². The summed E-state index contributed by atoms with van der Waals surface area (Å²) in [7, 11) is 0. The standard InChI is InChI=1S/C16H18OS/c1-2-3-4-5-6-10-14(17)16-12-13-9-7-8-11-15(13)18-16/h2,7-9,11-12H,1,3-6,10H2. The first kappa shape index (κ1) is 13.0. The van der Waals surface area contributed by atoms with Crippen LogP contribution in [0.4, 0.5) is 0 Å². The largest absolute Gasteiger partial charge is 0.293 e. The second kappa shape index (κ2) is 6.50. The second-order valence-electron chi connectivity index (χ2n) is 4.46. The molecule has 0 amide bonds. The molecule has 94 valence electrons. The second-order valence-corrected chi connectivity index (χ2v) is 5.54. The average Bonchev–Trinajstić information content (AvgIpc) is 2.82. The van der Waals surface area contributed by atoms with Crippen LogP contribution in [0, 0.1) is 0 Å². The molecule has 0 aliphatic rings. The summed E-state index contributed by atoms with van der Waals surface area (Å²) in [5, 5.41) is 1.18. The van der Waals surface area contributed by atoms with E-state index in [9.17, 15) is 4.79 Å². The van der Waals surface area contributed by atoms with Crippen molar-refractivity contribution in [3.05, 3.63) is 47.9 Å². The van der Waals surface area contributed by atoms with Gasteiger partial charge in [0.2, 0.25) is 0 Å². The van der Waals surface area contributed by atoms with Crippen molar-refractivity contribution in [1.82, 2.24) is 0 Å². The van der Waals surface area contributed by atoms with Gasteiger partial charge in [-0.1, -0.05) is 30.7 Å². The molecule has 0 saturated carbocycles. The number of rotatable bonds is 7. The van der Waals surface area contributed by atoms with E-state index >= 15 is 0 Å². The molecule has 0 bridgehead atoms. The Morgan fingerprint density at radius 1 is 1.22 bits per heavy atom. The molecule has 1 nitrogen and oxygen atoms in total. The van der Waals surface area contributed by atoms with Crippen LogP contribution in [0.15, 0.2) is 43.0 Å². The molecule has 0 aliphatic carbocycles. The summed E-state index contributed by atoms with van der Waals surface area (Å²) >= 11 is 1.61. The van der Waals surface area contributed by atoms with E-state index in [4.69, 9.17) is 0 Å². The van der Waals surface area contributed by atoms with Crippen LogP contribution in [-0.4, -0.2) is 5.78 Å². The number of carbonyl (C=O) groups excluding carboxylic acids is 1. The van der Waals surface area contributed by atoms with Gasteiger partial charge in [0, 0.05) is 11.1 Å². The summed E-state index contributed by atoms with van der Waals surface area (Å²) in [6.07, 6.45) is 6.90. The number of hydrogen-bond donors (Lipinski definition) is 0. The quantitative estimate of drug-likeness (QED) is 0.378. The van der Waals surface area contributed by atoms with Gasteiger partial charge in [-0.05, 0) is 36.8 Å². The molecule has 0 radical (unpaired) electrons. The zero-order valence-corrected chi connectivity index (χ0v) is 11.3. The summed E-state index contributed by atoms with van der Waals surface area (Å²) in [4.78, 5) is 12.9. The number of Topliss-reactive ketones (excluding diaryl/α,β-unsaturated/α-hetero) is 1. The molecule has 1 heterocycles. The first-order valence-corrected chi connectivity index (χ1v) is 7.25. The van der Waals surface area contributed by atoms with E-state index in [-0.39, 0.29) is 5.78 Å². The molecule has 1 aromatic heterocycles. The highest BCUT2D eigenvalue weighted by molar-refractivity contribution is 7.20. The van der Waals surface area contributed by atoms with Crippen molar-refractivity contribution in [2.24, 2.45) is 0 Å². The number of fused-ring (bicyclic) bond motifs is 1. The minimum absolute atomic E-state index is 0.287. The molecule has 0 aliphatic heterocycles. The van der Waals surface area contributed by atoms with E-state index in [2.05, 4.69) is 18.7 Å². The molecule has 0 fully saturated rings. The minimum Gasteiger partial charge on any atom is -0.293 e. The summed E-state index contributed by atoms with van der Waals surface area (Å²) in [5.74, 6) is 0.287. The third-order valence-corrected chi connectivity index (χ3v) is 4.17. The summed E-state index contributed by atoms with van der Waals surface area (Å²) in [5.41, 5.74) is 0. The van der Waals surface area contributed by atoms with Gasteiger partial charge in [0.05, 0.1) is 4.88 Å². The van der Waals surface area contributed by atoms with Gasteiger partial charge in [0.15, 0.2) is 5.78 Å². The molecule has 0 N–H and O–H groups in total. The van der Waals surface area contributed by atoms with E-state index in [1.54, 1.807) is 11.3 Å². The fourth-order valence-corrected chi connectivity index (χ4v) is 3.02. The molecule has 0 spiro atoms. The highest BCUT2D eigenvalue weighted by atomic mass is 32.1. The maximum absolute atomic E-state index is 12.0. The van der Waals surface area contributed by atoms with Crippen molar-refractivity contribution >= 4 is 27.2 Å². The third kappa shape index (κ3) is 3.30. The monoisotopic (exact) mass is 258 g/mol. The lowest BCUT2D eigenvalue weighted by molar-refractivity contribution is 0.0983. The first-order chi connectivity index (χ1) is 8.81. The fraction of sp³-hybridized carbons (Fsp3) is 0.312. The van der Waals surface area contributed by atoms with E-state index < -0.39 is 0 Å². The van der Waals surface area contributed by atoms with Gasteiger partial charge in [0.1, 0.15) is 0 Å². The normalized spacial score (nSPS) is 10.7. The summed E-state index contributed by atoms with van der Waals surface area (Å²) in [6.45, 7) is 3.70. The zero-order valence-electron chi connectivity index (χ0n) is 10.5. The van der Waals surface area contributed by atoms with Crippen LogP contribution in [0.5, 0.6) is 0 Å². The number of unbranched alkanes of at least 4 members (excludes halogenated alkanes) is 3. The molecule has 0 saturated heterocycles.